The summed E-state index contributed by atoms with van der Waals surface area (Å²) in [5.41, 5.74) is 0.360. The lowest BCUT2D eigenvalue weighted by molar-refractivity contribution is 0.260. The molecule has 1 aliphatic heterocycles. The van der Waals surface area contributed by atoms with Crippen LogP contribution in [0.4, 0.5) is 0 Å². The molecule has 1 heterocycles. The van der Waals surface area contributed by atoms with Crippen molar-refractivity contribution in [3.63, 3.8) is 0 Å². The van der Waals surface area contributed by atoms with E-state index in [0.29, 0.717) is 17.6 Å². The summed E-state index contributed by atoms with van der Waals surface area (Å²) in [5.74, 6) is 0. The minimum atomic E-state index is 0.360. The van der Waals surface area contributed by atoms with Gasteiger partial charge in [-0.2, -0.15) is 0 Å². The van der Waals surface area contributed by atoms with E-state index >= 15 is 0 Å². The van der Waals surface area contributed by atoms with Crippen molar-refractivity contribution in [1.82, 2.24) is 0 Å². The lowest BCUT2D eigenvalue weighted by atomic mass is 9.89. The van der Waals surface area contributed by atoms with Gasteiger partial charge in [0.25, 0.3) is 0 Å². The number of unbranched alkanes of at least 4 members (excludes halogenated alkanes) is 1. The molecule has 11 heavy (non-hydrogen) atoms. The van der Waals surface area contributed by atoms with E-state index in [0.717, 1.165) is 0 Å². The number of rotatable bonds is 3. The third kappa shape index (κ3) is 2.48. The Kier molecular flexibility index (Phi) is 2.58. The van der Waals surface area contributed by atoms with E-state index in [1.54, 1.807) is 0 Å². The Morgan fingerprint density at radius 3 is 2.27 bits per heavy atom. The zero-order valence-corrected chi connectivity index (χ0v) is 8.18. The predicted octanol–water partition coefficient (Wildman–Crippen LogP) is 2.99. The molecule has 1 rings (SSSR count). The molecule has 66 valence electrons. The van der Waals surface area contributed by atoms with Gasteiger partial charge >= 0.3 is 0 Å². The molecule has 0 bridgehead atoms. The lowest BCUT2D eigenvalue weighted by Gasteiger charge is -2.14. The maximum Gasteiger partial charge on any atom is 0.0889 e. The minimum Gasteiger partial charge on any atom is -0.369 e. The highest BCUT2D eigenvalue weighted by molar-refractivity contribution is 4.93. The van der Waals surface area contributed by atoms with Gasteiger partial charge in [-0.3, -0.25) is 0 Å². The Morgan fingerprint density at radius 2 is 1.91 bits per heavy atom. The average Bonchev–Trinajstić information content (AvgIpc) is 2.60. The van der Waals surface area contributed by atoms with Crippen molar-refractivity contribution in [2.24, 2.45) is 5.41 Å². The van der Waals surface area contributed by atoms with Gasteiger partial charge in [-0.25, -0.2) is 0 Å². The van der Waals surface area contributed by atoms with Crippen molar-refractivity contribution in [3.05, 3.63) is 0 Å². The number of hydrogen-bond donors (Lipinski definition) is 0. The van der Waals surface area contributed by atoms with Crippen LogP contribution in [0.25, 0.3) is 0 Å². The summed E-state index contributed by atoms with van der Waals surface area (Å²) in [4.78, 5) is 0. The normalized spacial score (nSPS) is 30.5. The van der Waals surface area contributed by atoms with Gasteiger partial charge in [-0.1, -0.05) is 40.5 Å². The highest BCUT2D eigenvalue weighted by Crippen LogP contribution is 2.40. The van der Waals surface area contributed by atoms with Crippen LogP contribution in [0, 0.1) is 5.41 Å². The zero-order chi connectivity index (χ0) is 8.48. The summed E-state index contributed by atoms with van der Waals surface area (Å²) in [7, 11) is 0. The van der Waals surface area contributed by atoms with Gasteiger partial charge in [0, 0.05) is 0 Å². The Labute approximate surface area is 70.1 Å². The van der Waals surface area contributed by atoms with Crippen LogP contribution in [0.15, 0.2) is 0 Å². The summed E-state index contributed by atoms with van der Waals surface area (Å²) in [6.45, 7) is 8.99. The first kappa shape index (κ1) is 9.05. The molecular formula is C10H20O. The Bertz CT molecular complexity index is 123. The molecule has 2 atom stereocenters. The molecule has 1 fully saturated rings. The molecule has 0 amide bonds. The second-order valence-electron chi connectivity index (χ2n) is 4.60. The monoisotopic (exact) mass is 156 g/mol. The molecule has 0 aliphatic carbocycles. The topological polar surface area (TPSA) is 12.5 Å². The van der Waals surface area contributed by atoms with Crippen molar-refractivity contribution in [2.45, 2.75) is 59.2 Å². The molecule has 1 aliphatic rings. The quantitative estimate of drug-likeness (QED) is 0.572. The van der Waals surface area contributed by atoms with Gasteiger partial charge in [-0.05, 0) is 11.8 Å². The SMILES string of the molecule is CCCCC1OC1C(C)(C)C. The Hall–Kier alpha value is -0.0400. The molecule has 0 N–H and O–H groups in total. The Morgan fingerprint density at radius 1 is 1.27 bits per heavy atom. The summed E-state index contributed by atoms with van der Waals surface area (Å²) in [6, 6.07) is 0. The molecule has 2 unspecified atom stereocenters. The smallest absolute Gasteiger partial charge is 0.0889 e. The third-order valence-corrected chi connectivity index (χ3v) is 2.28. The summed E-state index contributed by atoms with van der Waals surface area (Å²) in [5, 5.41) is 0. The third-order valence-electron chi connectivity index (χ3n) is 2.28. The molecule has 0 aromatic rings. The Balaban J connectivity index is 2.16. The van der Waals surface area contributed by atoms with Gasteiger partial charge in [0.2, 0.25) is 0 Å². The van der Waals surface area contributed by atoms with E-state index in [1.807, 2.05) is 0 Å². The van der Waals surface area contributed by atoms with Crippen molar-refractivity contribution in [2.75, 3.05) is 0 Å². The van der Waals surface area contributed by atoms with Gasteiger partial charge in [-0.15, -0.1) is 0 Å². The van der Waals surface area contributed by atoms with E-state index < -0.39 is 0 Å². The first-order chi connectivity index (χ1) is 5.05. The predicted molar refractivity (Wildman–Crippen MR) is 47.6 cm³/mol. The van der Waals surface area contributed by atoms with Crippen LogP contribution in [0.1, 0.15) is 47.0 Å². The molecule has 0 radical (unpaired) electrons. The molecule has 0 aromatic heterocycles. The van der Waals surface area contributed by atoms with Crippen LogP contribution in [0.2, 0.25) is 0 Å². The molecule has 0 saturated carbocycles. The first-order valence-corrected chi connectivity index (χ1v) is 4.71. The number of epoxide rings is 1. The maximum absolute atomic E-state index is 5.58. The number of ether oxygens (including phenoxy) is 1. The fourth-order valence-corrected chi connectivity index (χ4v) is 1.53. The van der Waals surface area contributed by atoms with Gasteiger partial charge in [0.05, 0.1) is 12.2 Å². The van der Waals surface area contributed by atoms with E-state index in [-0.39, 0.29) is 0 Å². The molecular weight excluding hydrogens is 136 g/mol. The highest BCUT2D eigenvalue weighted by atomic mass is 16.6. The summed E-state index contributed by atoms with van der Waals surface area (Å²) >= 11 is 0. The van der Waals surface area contributed by atoms with Crippen LogP contribution in [-0.2, 0) is 4.74 Å². The average molecular weight is 156 g/mol. The van der Waals surface area contributed by atoms with Crippen molar-refractivity contribution >= 4 is 0 Å². The van der Waals surface area contributed by atoms with E-state index in [4.69, 9.17) is 4.74 Å². The summed E-state index contributed by atoms with van der Waals surface area (Å²) < 4.78 is 5.58. The van der Waals surface area contributed by atoms with E-state index in [2.05, 4.69) is 27.7 Å². The molecule has 1 saturated heterocycles. The number of hydrogen-bond acceptors (Lipinski definition) is 1. The lowest BCUT2D eigenvalue weighted by Crippen LogP contribution is -2.16. The zero-order valence-electron chi connectivity index (χ0n) is 8.18. The second-order valence-corrected chi connectivity index (χ2v) is 4.60. The fourth-order valence-electron chi connectivity index (χ4n) is 1.53. The fraction of sp³-hybridized carbons (Fsp3) is 1.00. The maximum atomic E-state index is 5.58. The van der Waals surface area contributed by atoms with Gasteiger partial charge in [0.15, 0.2) is 0 Å². The molecule has 0 aromatic carbocycles. The molecule has 0 spiro atoms. The molecule has 1 nitrogen and oxygen atoms in total. The minimum absolute atomic E-state index is 0.360. The van der Waals surface area contributed by atoms with Crippen molar-refractivity contribution in [3.8, 4) is 0 Å². The van der Waals surface area contributed by atoms with E-state index in [9.17, 15) is 0 Å². The largest absolute Gasteiger partial charge is 0.369 e. The van der Waals surface area contributed by atoms with Crippen LogP contribution in [-0.4, -0.2) is 12.2 Å². The molecule has 1 heteroatoms. The second kappa shape index (κ2) is 3.14. The van der Waals surface area contributed by atoms with Crippen LogP contribution in [0.3, 0.4) is 0 Å². The van der Waals surface area contributed by atoms with Gasteiger partial charge in [0.1, 0.15) is 0 Å². The van der Waals surface area contributed by atoms with Crippen LogP contribution in [0.5, 0.6) is 0 Å². The summed E-state index contributed by atoms with van der Waals surface area (Å²) in [6.07, 6.45) is 4.98. The highest BCUT2D eigenvalue weighted by Gasteiger charge is 2.46. The van der Waals surface area contributed by atoms with Crippen LogP contribution >= 0.6 is 0 Å². The first-order valence-electron chi connectivity index (χ1n) is 4.71. The van der Waals surface area contributed by atoms with E-state index in [1.165, 1.54) is 19.3 Å². The van der Waals surface area contributed by atoms with Crippen molar-refractivity contribution in [1.29, 1.82) is 0 Å². The van der Waals surface area contributed by atoms with Crippen molar-refractivity contribution < 1.29 is 4.74 Å². The standard InChI is InChI=1S/C10H20O/c1-5-6-7-8-9(11-8)10(2,3)4/h8-9H,5-7H2,1-4H3. The van der Waals surface area contributed by atoms with Gasteiger partial charge < -0.3 is 4.74 Å². The van der Waals surface area contributed by atoms with Crippen LogP contribution < -0.4 is 0 Å².